The van der Waals surface area contributed by atoms with Crippen molar-refractivity contribution >= 4 is 9.84 Å². The maximum Gasteiger partial charge on any atom is 0.175 e. The van der Waals surface area contributed by atoms with Gasteiger partial charge in [-0.3, -0.25) is 4.98 Å². The lowest BCUT2D eigenvalue weighted by Gasteiger charge is -2.09. The number of nitrogens with two attached hydrogens (primary N) is 1. The topological polar surface area (TPSA) is 82.3 Å². The van der Waals surface area contributed by atoms with E-state index in [-0.39, 0.29) is 10.9 Å². The van der Waals surface area contributed by atoms with Gasteiger partial charge in [0.25, 0.3) is 0 Å². The van der Waals surface area contributed by atoms with Crippen molar-refractivity contribution in [1.29, 1.82) is 0 Å². The minimum atomic E-state index is -3.25. The maximum absolute atomic E-state index is 11.5. The highest BCUT2D eigenvalue weighted by Crippen LogP contribution is 2.24. The Morgan fingerprint density at radius 1 is 1.24 bits per heavy atom. The third kappa shape index (κ3) is 4.54. The number of pyridine rings is 1. The standard InChI is InChI=1S/C15H18N2O3S/c1-11(16)6-12-7-14(10-17-9-12)20-13-4-3-5-15(8-13)21(2,18)19/h3-5,7-11H,6,16H2,1-2H3. The van der Waals surface area contributed by atoms with E-state index in [9.17, 15) is 8.42 Å². The van der Waals surface area contributed by atoms with Gasteiger partial charge in [0.1, 0.15) is 11.5 Å². The highest BCUT2D eigenvalue weighted by Gasteiger charge is 2.09. The molecule has 0 aliphatic carbocycles. The van der Waals surface area contributed by atoms with Gasteiger partial charge < -0.3 is 10.5 Å². The number of rotatable bonds is 5. The summed E-state index contributed by atoms with van der Waals surface area (Å²) in [6, 6.07) is 8.26. The lowest BCUT2D eigenvalue weighted by molar-refractivity contribution is 0.477. The van der Waals surface area contributed by atoms with Gasteiger partial charge >= 0.3 is 0 Å². The summed E-state index contributed by atoms with van der Waals surface area (Å²) >= 11 is 0. The normalized spacial score (nSPS) is 12.9. The summed E-state index contributed by atoms with van der Waals surface area (Å²) in [6.07, 6.45) is 5.19. The highest BCUT2D eigenvalue weighted by molar-refractivity contribution is 7.90. The van der Waals surface area contributed by atoms with Crippen LogP contribution in [0.25, 0.3) is 0 Å². The number of benzene rings is 1. The molecule has 1 unspecified atom stereocenters. The van der Waals surface area contributed by atoms with E-state index in [0.29, 0.717) is 17.9 Å². The second-order valence-electron chi connectivity index (χ2n) is 5.06. The zero-order valence-corrected chi connectivity index (χ0v) is 12.8. The predicted molar refractivity (Wildman–Crippen MR) is 81.2 cm³/mol. The summed E-state index contributed by atoms with van der Waals surface area (Å²) in [4.78, 5) is 4.33. The molecule has 5 nitrogen and oxygen atoms in total. The minimum absolute atomic E-state index is 0.0376. The summed E-state index contributed by atoms with van der Waals surface area (Å²) in [5.74, 6) is 1.01. The molecular weight excluding hydrogens is 288 g/mol. The number of ether oxygens (including phenoxy) is 1. The lowest BCUT2D eigenvalue weighted by Crippen LogP contribution is -2.17. The van der Waals surface area contributed by atoms with Crippen molar-refractivity contribution in [3.63, 3.8) is 0 Å². The predicted octanol–water partition coefficient (Wildman–Crippen LogP) is 2.17. The molecule has 0 saturated heterocycles. The van der Waals surface area contributed by atoms with Crippen LogP contribution in [0.15, 0.2) is 47.6 Å². The van der Waals surface area contributed by atoms with Gasteiger partial charge in [0.15, 0.2) is 9.84 Å². The van der Waals surface area contributed by atoms with E-state index in [2.05, 4.69) is 4.98 Å². The Hall–Kier alpha value is -1.92. The van der Waals surface area contributed by atoms with Gasteiger partial charge in [0, 0.05) is 18.5 Å². The Bertz CT molecular complexity index is 727. The Kier molecular flexibility index (Phi) is 4.59. The smallest absolute Gasteiger partial charge is 0.175 e. The number of hydrogen-bond acceptors (Lipinski definition) is 5. The molecule has 21 heavy (non-hydrogen) atoms. The molecule has 1 aromatic heterocycles. The number of hydrogen-bond donors (Lipinski definition) is 1. The lowest BCUT2D eigenvalue weighted by atomic mass is 10.1. The van der Waals surface area contributed by atoms with Gasteiger partial charge in [-0.05, 0) is 43.2 Å². The summed E-state index contributed by atoms with van der Waals surface area (Å²) in [5.41, 5.74) is 6.73. The Balaban J connectivity index is 2.22. The van der Waals surface area contributed by atoms with Gasteiger partial charge in [0.05, 0.1) is 11.1 Å². The first-order valence-corrected chi connectivity index (χ1v) is 8.41. The Labute approximate surface area is 124 Å². The molecule has 1 aromatic carbocycles. The number of sulfone groups is 1. The van der Waals surface area contributed by atoms with Gasteiger partial charge in [-0.1, -0.05) is 6.07 Å². The van der Waals surface area contributed by atoms with Crippen molar-refractivity contribution in [2.24, 2.45) is 5.73 Å². The van der Waals surface area contributed by atoms with Crippen LogP contribution in [0.3, 0.4) is 0 Å². The van der Waals surface area contributed by atoms with Crippen LogP contribution in [0.4, 0.5) is 0 Å². The molecule has 0 radical (unpaired) electrons. The van der Waals surface area contributed by atoms with Crippen molar-refractivity contribution in [2.45, 2.75) is 24.3 Å². The molecule has 1 heterocycles. The monoisotopic (exact) mass is 306 g/mol. The molecule has 1 atom stereocenters. The van der Waals surface area contributed by atoms with Crippen LogP contribution in [0, 0.1) is 0 Å². The second kappa shape index (κ2) is 6.24. The van der Waals surface area contributed by atoms with E-state index >= 15 is 0 Å². The van der Waals surface area contributed by atoms with Crippen LogP contribution in [-0.4, -0.2) is 25.7 Å². The SMILES string of the molecule is CC(N)Cc1cncc(Oc2cccc(S(C)(=O)=O)c2)c1. The third-order valence-electron chi connectivity index (χ3n) is 2.80. The fourth-order valence-electron chi connectivity index (χ4n) is 1.91. The first-order chi connectivity index (χ1) is 9.84. The van der Waals surface area contributed by atoms with Crippen molar-refractivity contribution in [1.82, 2.24) is 4.98 Å². The van der Waals surface area contributed by atoms with Crippen molar-refractivity contribution in [3.8, 4) is 11.5 Å². The van der Waals surface area contributed by atoms with Gasteiger partial charge in [0.2, 0.25) is 0 Å². The molecule has 112 valence electrons. The average Bonchev–Trinajstić information content (AvgIpc) is 2.37. The van der Waals surface area contributed by atoms with E-state index in [0.717, 1.165) is 11.8 Å². The van der Waals surface area contributed by atoms with Crippen molar-refractivity contribution < 1.29 is 13.2 Å². The second-order valence-corrected chi connectivity index (χ2v) is 7.08. The molecule has 0 bridgehead atoms. The van der Waals surface area contributed by atoms with Crippen LogP contribution < -0.4 is 10.5 Å². The summed E-state index contributed by atoms with van der Waals surface area (Å²) in [6.45, 7) is 1.92. The zero-order chi connectivity index (χ0) is 15.5. The fraction of sp³-hybridized carbons (Fsp3) is 0.267. The van der Waals surface area contributed by atoms with Crippen LogP contribution in [0.5, 0.6) is 11.5 Å². The largest absolute Gasteiger partial charge is 0.456 e. The first-order valence-electron chi connectivity index (χ1n) is 6.52. The van der Waals surface area contributed by atoms with Crippen LogP contribution >= 0.6 is 0 Å². The van der Waals surface area contributed by atoms with Crippen molar-refractivity contribution in [3.05, 3.63) is 48.3 Å². The number of nitrogens with zero attached hydrogens (tertiary/aromatic N) is 1. The Morgan fingerprint density at radius 3 is 2.67 bits per heavy atom. The molecule has 2 N–H and O–H groups in total. The summed E-state index contributed by atoms with van der Waals surface area (Å²) < 4.78 is 28.7. The van der Waals surface area contributed by atoms with Gasteiger partial charge in [-0.15, -0.1) is 0 Å². The quantitative estimate of drug-likeness (QED) is 0.915. The van der Waals surface area contributed by atoms with Crippen molar-refractivity contribution in [2.75, 3.05) is 6.26 Å². The molecule has 6 heteroatoms. The molecule has 2 aromatic rings. The van der Waals surface area contributed by atoms with Gasteiger partial charge in [-0.2, -0.15) is 0 Å². The highest BCUT2D eigenvalue weighted by atomic mass is 32.2. The summed E-state index contributed by atoms with van der Waals surface area (Å²) in [5, 5.41) is 0. The molecule has 0 aliphatic rings. The van der Waals surface area contributed by atoms with Gasteiger partial charge in [-0.25, -0.2) is 8.42 Å². The molecule has 0 amide bonds. The molecular formula is C15H18N2O3S. The van der Waals surface area contributed by atoms with E-state index in [1.165, 1.54) is 12.1 Å². The van der Waals surface area contributed by atoms with E-state index in [4.69, 9.17) is 10.5 Å². The zero-order valence-electron chi connectivity index (χ0n) is 12.0. The molecule has 0 spiro atoms. The number of aromatic nitrogens is 1. The fourth-order valence-corrected chi connectivity index (χ4v) is 2.56. The first kappa shape index (κ1) is 15.5. The average molecular weight is 306 g/mol. The Morgan fingerprint density at radius 2 is 2.00 bits per heavy atom. The molecule has 2 rings (SSSR count). The van der Waals surface area contributed by atoms with Crippen LogP contribution in [0.2, 0.25) is 0 Å². The maximum atomic E-state index is 11.5. The van der Waals surface area contributed by atoms with E-state index in [1.54, 1.807) is 24.5 Å². The molecule has 0 saturated carbocycles. The van der Waals surface area contributed by atoms with E-state index in [1.807, 2.05) is 13.0 Å². The minimum Gasteiger partial charge on any atom is -0.456 e. The molecule has 0 aliphatic heterocycles. The summed E-state index contributed by atoms with van der Waals surface area (Å²) in [7, 11) is -3.25. The third-order valence-corrected chi connectivity index (χ3v) is 3.91. The molecule has 0 fully saturated rings. The van der Waals surface area contributed by atoms with E-state index < -0.39 is 9.84 Å². The van der Waals surface area contributed by atoms with Crippen LogP contribution in [-0.2, 0) is 16.3 Å². The van der Waals surface area contributed by atoms with Crippen LogP contribution in [0.1, 0.15) is 12.5 Å².